The van der Waals surface area contributed by atoms with Crippen molar-refractivity contribution in [1.29, 1.82) is 0 Å². The molecule has 1 saturated heterocycles. The molecule has 0 atom stereocenters. The van der Waals surface area contributed by atoms with Gasteiger partial charge in [0, 0.05) is 41.7 Å². The SMILES string of the molecule is COc1ccc(-c2cccc(C(=O)N3CCC(NC(=O)C(C)(C)C)CC3)c2)nn1. The highest BCUT2D eigenvalue weighted by atomic mass is 16.5. The first-order valence-electron chi connectivity index (χ1n) is 9.86. The normalized spacial score (nSPS) is 15.1. The molecule has 3 rings (SSSR count). The highest BCUT2D eigenvalue weighted by Gasteiger charge is 2.28. The van der Waals surface area contributed by atoms with Crippen LogP contribution in [0, 0.1) is 5.41 Å². The van der Waals surface area contributed by atoms with E-state index >= 15 is 0 Å². The van der Waals surface area contributed by atoms with Crippen LogP contribution in [0.4, 0.5) is 0 Å². The van der Waals surface area contributed by atoms with Crippen LogP contribution < -0.4 is 10.1 Å². The lowest BCUT2D eigenvalue weighted by molar-refractivity contribution is -0.129. The zero-order chi connectivity index (χ0) is 21.0. The Morgan fingerprint density at radius 3 is 2.41 bits per heavy atom. The predicted octanol–water partition coefficient (Wildman–Crippen LogP) is 2.92. The molecule has 2 heterocycles. The van der Waals surface area contributed by atoms with Crippen LogP contribution in [0.5, 0.6) is 5.88 Å². The molecule has 1 aromatic heterocycles. The molecule has 7 heteroatoms. The van der Waals surface area contributed by atoms with Crippen LogP contribution in [0.25, 0.3) is 11.3 Å². The van der Waals surface area contributed by atoms with Crippen molar-refractivity contribution in [2.24, 2.45) is 5.41 Å². The van der Waals surface area contributed by atoms with Gasteiger partial charge >= 0.3 is 0 Å². The number of nitrogens with zero attached hydrogens (tertiary/aromatic N) is 3. The van der Waals surface area contributed by atoms with Gasteiger partial charge in [-0.25, -0.2) is 0 Å². The number of amides is 2. The van der Waals surface area contributed by atoms with Gasteiger partial charge < -0.3 is 15.0 Å². The van der Waals surface area contributed by atoms with Crippen molar-refractivity contribution < 1.29 is 14.3 Å². The topological polar surface area (TPSA) is 84.4 Å². The number of methoxy groups -OCH3 is 1. The number of ether oxygens (including phenoxy) is 1. The second kappa shape index (κ2) is 8.59. The smallest absolute Gasteiger partial charge is 0.253 e. The molecule has 0 radical (unpaired) electrons. The van der Waals surface area contributed by atoms with Crippen molar-refractivity contribution in [2.75, 3.05) is 20.2 Å². The summed E-state index contributed by atoms with van der Waals surface area (Å²) in [6.07, 6.45) is 1.52. The Hall–Kier alpha value is -2.96. The van der Waals surface area contributed by atoms with Crippen molar-refractivity contribution >= 4 is 11.8 Å². The molecule has 1 aliphatic rings. The molecular formula is C22H28N4O3. The third-order valence-corrected chi connectivity index (χ3v) is 5.05. The summed E-state index contributed by atoms with van der Waals surface area (Å²) in [4.78, 5) is 27.0. The highest BCUT2D eigenvalue weighted by molar-refractivity contribution is 5.95. The van der Waals surface area contributed by atoms with Crippen molar-refractivity contribution in [3.05, 3.63) is 42.0 Å². The van der Waals surface area contributed by atoms with Gasteiger partial charge in [-0.1, -0.05) is 32.9 Å². The average Bonchev–Trinajstić information content (AvgIpc) is 2.73. The van der Waals surface area contributed by atoms with Crippen molar-refractivity contribution in [1.82, 2.24) is 20.4 Å². The summed E-state index contributed by atoms with van der Waals surface area (Å²) >= 11 is 0. The van der Waals surface area contributed by atoms with Crippen molar-refractivity contribution in [3.63, 3.8) is 0 Å². The molecule has 1 N–H and O–H groups in total. The molecule has 29 heavy (non-hydrogen) atoms. The van der Waals surface area contributed by atoms with E-state index in [1.807, 2.05) is 56.0 Å². The van der Waals surface area contributed by atoms with E-state index in [0.717, 1.165) is 18.4 Å². The number of rotatable bonds is 4. The van der Waals surface area contributed by atoms with Gasteiger partial charge in [-0.05, 0) is 31.0 Å². The van der Waals surface area contributed by atoms with Crippen LogP contribution in [0.15, 0.2) is 36.4 Å². The van der Waals surface area contributed by atoms with Crippen LogP contribution in [-0.2, 0) is 4.79 Å². The van der Waals surface area contributed by atoms with E-state index < -0.39 is 5.41 Å². The maximum absolute atomic E-state index is 13.0. The summed E-state index contributed by atoms with van der Waals surface area (Å²) in [6.45, 7) is 6.96. The van der Waals surface area contributed by atoms with E-state index in [1.165, 1.54) is 0 Å². The monoisotopic (exact) mass is 396 g/mol. The Kier molecular flexibility index (Phi) is 6.15. The zero-order valence-electron chi connectivity index (χ0n) is 17.4. The third-order valence-electron chi connectivity index (χ3n) is 5.05. The number of benzene rings is 1. The van der Waals surface area contributed by atoms with Crippen LogP contribution in [0.3, 0.4) is 0 Å². The maximum Gasteiger partial charge on any atom is 0.253 e. The standard InChI is InChI=1S/C22H28N4O3/c1-22(2,3)21(28)23-17-10-12-26(13-11-17)20(27)16-7-5-6-15(14-16)18-8-9-19(29-4)25-24-18/h5-9,14,17H,10-13H2,1-4H3,(H,23,28). The summed E-state index contributed by atoms with van der Waals surface area (Å²) < 4.78 is 5.04. The van der Waals surface area contributed by atoms with Gasteiger partial charge in [-0.2, -0.15) is 0 Å². The first-order valence-corrected chi connectivity index (χ1v) is 9.86. The minimum absolute atomic E-state index is 0.00563. The predicted molar refractivity (Wildman–Crippen MR) is 111 cm³/mol. The minimum atomic E-state index is -0.405. The molecule has 1 aliphatic heterocycles. The Bertz CT molecular complexity index is 866. The van der Waals surface area contributed by atoms with Crippen molar-refractivity contribution in [3.8, 4) is 17.1 Å². The molecule has 0 saturated carbocycles. The second-order valence-electron chi connectivity index (χ2n) is 8.33. The van der Waals surface area contributed by atoms with Gasteiger partial charge in [0.2, 0.25) is 11.8 Å². The number of hydrogen-bond donors (Lipinski definition) is 1. The Labute approximate surface area is 171 Å². The number of nitrogens with one attached hydrogen (secondary N) is 1. The number of hydrogen-bond acceptors (Lipinski definition) is 5. The molecule has 1 fully saturated rings. The number of aromatic nitrogens is 2. The highest BCUT2D eigenvalue weighted by Crippen LogP contribution is 2.22. The number of carbonyl (C=O) groups is 2. The van der Waals surface area contributed by atoms with Crippen LogP contribution in [-0.4, -0.2) is 53.2 Å². The van der Waals surface area contributed by atoms with E-state index in [4.69, 9.17) is 4.74 Å². The number of piperidine rings is 1. The Morgan fingerprint density at radius 1 is 1.10 bits per heavy atom. The van der Waals surface area contributed by atoms with Gasteiger partial charge in [0.1, 0.15) is 0 Å². The van der Waals surface area contributed by atoms with Gasteiger partial charge in [0.15, 0.2) is 0 Å². The van der Waals surface area contributed by atoms with Gasteiger partial charge in [-0.15, -0.1) is 10.2 Å². The van der Waals surface area contributed by atoms with E-state index in [9.17, 15) is 9.59 Å². The summed E-state index contributed by atoms with van der Waals surface area (Å²) in [5.74, 6) is 0.493. The van der Waals surface area contributed by atoms with Crippen LogP contribution in [0.1, 0.15) is 44.0 Å². The lowest BCUT2D eigenvalue weighted by atomic mass is 9.94. The van der Waals surface area contributed by atoms with E-state index in [0.29, 0.717) is 30.2 Å². The fraction of sp³-hybridized carbons (Fsp3) is 0.455. The number of likely N-dealkylation sites (tertiary alicyclic amines) is 1. The summed E-state index contributed by atoms with van der Waals surface area (Å²) in [5.41, 5.74) is 1.73. The van der Waals surface area contributed by atoms with E-state index in [-0.39, 0.29) is 17.9 Å². The zero-order valence-corrected chi connectivity index (χ0v) is 17.4. The number of carbonyl (C=O) groups excluding carboxylic acids is 2. The Morgan fingerprint density at radius 2 is 1.83 bits per heavy atom. The molecule has 7 nitrogen and oxygen atoms in total. The molecule has 154 valence electrons. The molecule has 0 unspecified atom stereocenters. The second-order valence-corrected chi connectivity index (χ2v) is 8.33. The van der Waals surface area contributed by atoms with Crippen molar-refractivity contribution in [2.45, 2.75) is 39.7 Å². The quantitative estimate of drug-likeness (QED) is 0.859. The lowest BCUT2D eigenvalue weighted by Crippen LogP contribution is -2.49. The maximum atomic E-state index is 13.0. The third kappa shape index (κ3) is 5.10. The van der Waals surface area contributed by atoms with Gasteiger partial charge in [0.05, 0.1) is 12.8 Å². The van der Waals surface area contributed by atoms with Gasteiger partial charge in [0.25, 0.3) is 5.91 Å². The fourth-order valence-corrected chi connectivity index (χ4v) is 3.21. The molecule has 0 bridgehead atoms. The Balaban J connectivity index is 1.63. The largest absolute Gasteiger partial charge is 0.480 e. The summed E-state index contributed by atoms with van der Waals surface area (Å²) in [6, 6.07) is 11.1. The van der Waals surface area contributed by atoms with E-state index in [1.54, 1.807) is 13.2 Å². The van der Waals surface area contributed by atoms with Crippen LogP contribution in [0.2, 0.25) is 0 Å². The minimum Gasteiger partial charge on any atom is -0.480 e. The molecule has 0 aliphatic carbocycles. The first kappa shape index (κ1) is 20.8. The molecule has 0 spiro atoms. The van der Waals surface area contributed by atoms with Gasteiger partial charge in [-0.3, -0.25) is 9.59 Å². The van der Waals surface area contributed by atoms with Crippen LogP contribution >= 0.6 is 0 Å². The molecule has 2 aromatic rings. The summed E-state index contributed by atoms with van der Waals surface area (Å²) in [5, 5.41) is 11.2. The first-order chi connectivity index (χ1) is 13.8. The molecular weight excluding hydrogens is 368 g/mol. The van der Waals surface area contributed by atoms with E-state index in [2.05, 4.69) is 15.5 Å². The molecule has 1 aromatic carbocycles. The molecule has 2 amide bonds. The fourth-order valence-electron chi connectivity index (χ4n) is 3.21. The average molecular weight is 396 g/mol. The lowest BCUT2D eigenvalue weighted by Gasteiger charge is -2.33. The summed E-state index contributed by atoms with van der Waals surface area (Å²) in [7, 11) is 1.54.